The number of carbonyl (C=O) groups excluding carboxylic acids is 1. The van der Waals surface area contributed by atoms with E-state index < -0.39 is 27.2 Å². The highest BCUT2D eigenvalue weighted by atomic mass is 32.2. The Bertz CT molecular complexity index is 812. The summed E-state index contributed by atoms with van der Waals surface area (Å²) in [6.07, 6.45) is 1.30. The molecule has 0 unspecified atom stereocenters. The van der Waals surface area contributed by atoms with Gasteiger partial charge in [0.15, 0.2) is 0 Å². The van der Waals surface area contributed by atoms with Crippen LogP contribution in [0.3, 0.4) is 0 Å². The second-order valence-electron chi connectivity index (χ2n) is 7.81. The number of benzene rings is 1. The summed E-state index contributed by atoms with van der Waals surface area (Å²) in [6, 6.07) is 7.45. The number of hydrogen-bond donors (Lipinski definition) is 0. The summed E-state index contributed by atoms with van der Waals surface area (Å²) in [4.78, 5) is 19.8. The van der Waals surface area contributed by atoms with Crippen LogP contribution < -0.4 is 4.90 Å². The van der Waals surface area contributed by atoms with E-state index in [9.17, 15) is 13.2 Å². The molecule has 0 saturated carbocycles. The molecule has 1 aromatic rings. The van der Waals surface area contributed by atoms with Crippen LogP contribution in [0.4, 0.5) is 5.69 Å². The van der Waals surface area contributed by atoms with E-state index in [0.29, 0.717) is 26.0 Å². The normalized spacial score (nSPS) is 26.4. The lowest BCUT2D eigenvalue weighted by atomic mass is 10.0. The molecule has 8 nitrogen and oxygen atoms in total. The fourth-order valence-electron chi connectivity index (χ4n) is 4.06. The van der Waals surface area contributed by atoms with Crippen molar-refractivity contribution >= 4 is 21.7 Å². The third-order valence-corrected chi connectivity index (χ3v) is 7.89. The molecule has 0 spiro atoms. The second kappa shape index (κ2) is 8.99. The van der Waals surface area contributed by atoms with Crippen molar-refractivity contribution in [2.24, 2.45) is 5.92 Å². The van der Waals surface area contributed by atoms with Crippen molar-refractivity contribution in [3.63, 3.8) is 0 Å². The maximum absolute atomic E-state index is 13.5. The van der Waals surface area contributed by atoms with Gasteiger partial charge in [0.2, 0.25) is 10.0 Å². The Balaban J connectivity index is 1.82. The first kappa shape index (κ1) is 22.0. The van der Waals surface area contributed by atoms with Crippen LogP contribution in [0, 0.1) is 5.92 Å². The summed E-state index contributed by atoms with van der Waals surface area (Å²) < 4.78 is 33.5. The quantitative estimate of drug-likeness (QED) is 0.641. The molecule has 0 aromatic heterocycles. The van der Waals surface area contributed by atoms with E-state index in [1.807, 2.05) is 43.3 Å². The molecule has 0 amide bonds. The summed E-state index contributed by atoms with van der Waals surface area (Å²) in [5, 5.41) is 0.901. The molecular weight excluding hydrogens is 394 g/mol. The Kier molecular flexibility index (Phi) is 6.83. The van der Waals surface area contributed by atoms with Crippen LogP contribution in [-0.4, -0.2) is 76.5 Å². The third-order valence-electron chi connectivity index (χ3n) is 5.68. The molecule has 2 aliphatic heterocycles. The molecule has 0 aliphatic carbocycles. The number of piperidine rings is 1. The van der Waals surface area contributed by atoms with Gasteiger partial charge in [-0.15, -0.1) is 0 Å². The van der Waals surface area contributed by atoms with Gasteiger partial charge in [0.25, 0.3) is 0 Å². The fraction of sp³-hybridized carbons (Fsp3) is 0.650. The Morgan fingerprint density at radius 2 is 1.97 bits per heavy atom. The molecule has 2 aliphatic rings. The van der Waals surface area contributed by atoms with E-state index in [-0.39, 0.29) is 19.1 Å². The highest BCUT2D eigenvalue weighted by Gasteiger charge is 2.47. The first-order chi connectivity index (χ1) is 13.8. The molecule has 29 heavy (non-hydrogen) atoms. The lowest BCUT2D eigenvalue weighted by molar-refractivity contribution is -0.149. The molecule has 9 heteroatoms. The van der Waals surface area contributed by atoms with Crippen molar-refractivity contribution in [3.05, 3.63) is 29.8 Å². The van der Waals surface area contributed by atoms with Crippen molar-refractivity contribution in [3.8, 4) is 0 Å². The maximum atomic E-state index is 13.5. The zero-order valence-electron chi connectivity index (χ0n) is 17.6. The van der Waals surface area contributed by atoms with Gasteiger partial charge in [-0.1, -0.05) is 12.1 Å². The topological polar surface area (TPSA) is 79.4 Å². The summed E-state index contributed by atoms with van der Waals surface area (Å²) in [7, 11) is 2.03. The van der Waals surface area contributed by atoms with Crippen LogP contribution in [0.25, 0.3) is 0 Å². The van der Waals surface area contributed by atoms with Crippen molar-refractivity contribution in [2.45, 2.75) is 31.1 Å². The van der Waals surface area contributed by atoms with Crippen LogP contribution in [0.15, 0.2) is 24.3 Å². The molecule has 3 atom stereocenters. The van der Waals surface area contributed by atoms with Gasteiger partial charge < -0.3 is 9.64 Å². The van der Waals surface area contributed by atoms with Gasteiger partial charge in [-0.3, -0.25) is 9.63 Å². The number of anilines is 1. The Morgan fingerprint density at radius 3 is 2.59 bits per heavy atom. The number of sulfonamides is 1. The summed E-state index contributed by atoms with van der Waals surface area (Å²) in [5.74, 6) is -0.723. The van der Waals surface area contributed by atoms with Crippen LogP contribution >= 0.6 is 0 Å². The van der Waals surface area contributed by atoms with Gasteiger partial charge in [0.1, 0.15) is 5.25 Å². The average molecular weight is 426 g/mol. The van der Waals surface area contributed by atoms with E-state index in [1.165, 1.54) is 4.31 Å². The van der Waals surface area contributed by atoms with Crippen LogP contribution in [0.5, 0.6) is 0 Å². The minimum atomic E-state index is -3.65. The van der Waals surface area contributed by atoms with Crippen LogP contribution in [-0.2, 0) is 24.4 Å². The third kappa shape index (κ3) is 4.58. The summed E-state index contributed by atoms with van der Waals surface area (Å²) >= 11 is 0. The van der Waals surface area contributed by atoms with Crippen LogP contribution in [0.2, 0.25) is 0 Å². The predicted octanol–water partition coefficient (Wildman–Crippen LogP) is 1.64. The number of hydroxylamine groups is 2. The van der Waals surface area contributed by atoms with Gasteiger partial charge in [-0.25, -0.2) is 12.7 Å². The maximum Gasteiger partial charge on any atom is 0.310 e. The molecular formula is C20H31N3O5S. The minimum Gasteiger partial charge on any atom is -0.466 e. The summed E-state index contributed by atoms with van der Waals surface area (Å²) in [6.45, 7) is 2.75. The van der Waals surface area contributed by atoms with Crippen molar-refractivity contribution < 1.29 is 22.8 Å². The first-order valence-electron chi connectivity index (χ1n) is 10.0. The molecule has 2 saturated heterocycles. The molecule has 1 aromatic carbocycles. The minimum absolute atomic E-state index is 0.0967. The molecule has 3 rings (SSSR count). The van der Waals surface area contributed by atoms with Gasteiger partial charge in [-0.2, -0.15) is 5.06 Å². The molecule has 0 bridgehead atoms. The van der Waals surface area contributed by atoms with Gasteiger partial charge in [0.05, 0.1) is 25.2 Å². The highest BCUT2D eigenvalue weighted by molar-refractivity contribution is 7.89. The van der Waals surface area contributed by atoms with Crippen molar-refractivity contribution in [1.82, 2.24) is 9.37 Å². The lowest BCUT2D eigenvalue weighted by Crippen LogP contribution is -2.48. The number of nitrogens with zero attached hydrogens (tertiary/aromatic N) is 3. The van der Waals surface area contributed by atoms with Crippen LogP contribution in [0.1, 0.15) is 31.4 Å². The molecule has 2 heterocycles. The van der Waals surface area contributed by atoms with Gasteiger partial charge >= 0.3 is 5.97 Å². The molecule has 0 N–H and O–H groups in total. The molecule has 162 valence electrons. The molecule has 0 radical (unpaired) electrons. The molecule has 2 fully saturated rings. The van der Waals surface area contributed by atoms with E-state index in [4.69, 9.17) is 9.57 Å². The standard InChI is InChI=1S/C20H31N3O5S/c1-5-27-20(24)16-7-6-12-23(13-16)29(25,26)18-14-28-22(4)19(18)15-8-10-17(11-9-15)21(2)3/h8-11,16,18-19H,5-7,12-14H2,1-4H3/t16-,18-,19+/m1/s1. The SMILES string of the molecule is CCOC(=O)[C@@H]1CCCN(S(=O)(=O)[C@@H]2CON(C)[C@H]2c2ccc(N(C)C)cc2)C1. The number of carbonyl (C=O) groups is 1. The predicted molar refractivity (Wildman–Crippen MR) is 111 cm³/mol. The van der Waals surface area contributed by atoms with Gasteiger partial charge in [0, 0.05) is 39.9 Å². The van der Waals surface area contributed by atoms with E-state index >= 15 is 0 Å². The van der Waals surface area contributed by atoms with Crippen molar-refractivity contribution in [2.75, 3.05) is 52.3 Å². The Hall–Kier alpha value is -1.68. The number of esters is 1. The largest absolute Gasteiger partial charge is 0.466 e. The van der Waals surface area contributed by atoms with E-state index in [0.717, 1.165) is 11.3 Å². The zero-order chi connectivity index (χ0) is 21.2. The van der Waals surface area contributed by atoms with Gasteiger partial charge in [-0.05, 0) is 37.5 Å². The van der Waals surface area contributed by atoms with E-state index in [2.05, 4.69) is 0 Å². The zero-order valence-corrected chi connectivity index (χ0v) is 18.4. The Labute approximate surface area is 173 Å². The highest BCUT2D eigenvalue weighted by Crippen LogP contribution is 2.36. The number of ether oxygens (including phenoxy) is 1. The Morgan fingerprint density at radius 1 is 1.28 bits per heavy atom. The van der Waals surface area contributed by atoms with E-state index in [1.54, 1.807) is 19.0 Å². The summed E-state index contributed by atoms with van der Waals surface area (Å²) in [5.41, 5.74) is 1.94. The average Bonchev–Trinajstić information content (AvgIpc) is 3.10. The monoisotopic (exact) mass is 425 g/mol. The number of rotatable bonds is 6. The first-order valence-corrected chi connectivity index (χ1v) is 11.5. The smallest absolute Gasteiger partial charge is 0.310 e. The lowest BCUT2D eigenvalue weighted by Gasteiger charge is -2.34. The number of hydrogen-bond acceptors (Lipinski definition) is 7. The fourth-order valence-corrected chi connectivity index (χ4v) is 6.10. The second-order valence-corrected chi connectivity index (χ2v) is 9.96. The van der Waals surface area contributed by atoms with Crippen molar-refractivity contribution in [1.29, 1.82) is 0 Å².